The standard InChI is InChI=1S/C26H32ClN3O/c1-17(31)12-26-29-24-15-21(27)6-11-25(24)30(26)23-9-7-22(8-10-23)28-16-18-13-19-4-2-3-5-20(19)14-18/h2-6,11,15,17-18,22-23,28,31H,7-10,12-14,16H2,1H3. The molecule has 0 amide bonds. The molecule has 0 bridgehead atoms. The molecule has 2 N–H and O–H groups in total. The number of nitrogens with one attached hydrogen (secondary N) is 1. The fourth-order valence-electron chi connectivity index (χ4n) is 5.60. The molecule has 5 rings (SSSR count). The van der Waals surface area contributed by atoms with Crippen molar-refractivity contribution in [2.24, 2.45) is 5.92 Å². The molecule has 3 aromatic rings. The van der Waals surface area contributed by atoms with Crippen molar-refractivity contribution >= 4 is 22.6 Å². The second-order valence-corrected chi connectivity index (χ2v) is 9.98. The Kier molecular flexibility index (Phi) is 6.05. The Morgan fingerprint density at radius 3 is 2.48 bits per heavy atom. The van der Waals surface area contributed by atoms with Crippen LogP contribution < -0.4 is 5.32 Å². The zero-order valence-electron chi connectivity index (χ0n) is 18.2. The molecule has 1 aromatic heterocycles. The third-order valence-electron chi connectivity index (χ3n) is 7.10. The van der Waals surface area contributed by atoms with Crippen LogP contribution in [0.4, 0.5) is 0 Å². The number of aromatic nitrogens is 2. The average molecular weight is 438 g/mol. The van der Waals surface area contributed by atoms with Gasteiger partial charge in [0.25, 0.3) is 0 Å². The molecule has 164 valence electrons. The molecule has 1 heterocycles. The van der Waals surface area contributed by atoms with Crippen molar-refractivity contribution in [2.45, 2.75) is 70.1 Å². The highest BCUT2D eigenvalue weighted by Crippen LogP contribution is 2.34. The van der Waals surface area contributed by atoms with E-state index in [4.69, 9.17) is 16.6 Å². The van der Waals surface area contributed by atoms with Gasteiger partial charge in [-0.3, -0.25) is 0 Å². The van der Waals surface area contributed by atoms with Gasteiger partial charge < -0.3 is 15.0 Å². The van der Waals surface area contributed by atoms with E-state index < -0.39 is 6.10 Å². The number of aliphatic hydroxyl groups excluding tert-OH is 1. The van der Waals surface area contributed by atoms with Gasteiger partial charge in [-0.1, -0.05) is 35.9 Å². The van der Waals surface area contributed by atoms with Crippen LogP contribution in [0.3, 0.4) is 0 Å². The SMILES string of the molecule is CC(O)Cc1nc2cc(Cl)ccc2n1C1CCC(NCC2Cc3ccccc3C2)CC1. The quantitative estimate of drug-likeness (QED) is 0.564. The normalized spacial score (nSPS) is 22.7. The Hall–Kier alpha value is -1.88. The number of hydrogen-bond donors (Lipinski definition) is 2. The Morgan fingerprint density at radius 2 is 1.81 bits per heavy atom. The van der Waals surface area contributed by atoms with E-state index in [-0.39, 0.29) is 0 Å². The van der Waals surface area contributed by atoms with Crippen LogP contribution in [0.5, 0.6) is 0 Å². The Balaban J connectivity index is 1.22. The van der Waals surface area contributed by atoms with E-state index in [9.17, 15) is 5.11 Å². The van der Waals surface area contributed by atoms with Crippen molar-refractivity contribution in [3.05, 3.63) is 64.4 Å². The largest absolute Gasteiger partial charge is 0.393 e. The molecule has 2 aliphatic carbocycles. The first-order chi connectivity index (χ1) is 15.1. The summed E-state index contributed by atoms with van der Waals surface area (Å²) in [6.07, 6.45) is 7.26. The predicted molar refractivity (Wildman–Crippen MR) is 127 cm³/mol. The Labute approximate surface area is 189 Å². The molecule has 0 aliphatic heterocycles. The number of hydrogen-bond acceptors (Lipinski definition) is 3. The molecule has 1 unspecified atom stereocenters. The molecule has 0 saturated heterocycles. The molecule has 31 heavy (non-hydrogen) atoms. The zero-order valence-corrected chi connectivity index (χ0v) is 19.0. The Morgan fingerprint density at radius 1 is 1.10 bits per heavy atom. The van der Waals surface area contributed by atoms with E-state index in [1.54, 1.807) is 0 Å². The lowest BCUT2D eigenvalue weighted by atomic mass is 9.90. The van der Waals surface area contributed by atoms with Crippen LogP contribution in [0, 0.1) is 5.92 Å². The maximum atomic E-state index is 10.00. The number of fused-ring (bicyclic) bond motifs is 2. The van der Waals surface area contributed by atoms with Gasteiger partial charge in [0.05, 0.1) is 17.1 Å². The van der Waals surface area contributed by atoms with E-state index in [1.807, 2.05) is 19.1 Å². The van der Waals surface area contributed by atoms with Crippen LogP contribution in [-0.4, -0.2) is 33.3 Å². The van der Waals surface area contributed by atoms with Crippen LogP contribution in [0.2, 0.25) is 5.02 Å². The lowest BCUT2D eigenvalue weighted by Gasteiger charge is -2.32. The molecule has 1 atom stereocenters. The summed E-state index contributed by atoms with van der Waals surface area (Å²) in [5.41, 5.74) is 5.15. The number of rotatable bonds is 6. The third-order valence-corrected chi connectivity index (χ3v) is 7.33. The van der Waals surface area contributed by atoms with Crippen molar-refractivity contribution in [3.63, 3.8) is 0 Å². The second kappa shape index (κ2) is 8.93. The number of halogens is 1. The second-order valence-electron chi connectivity index (χ2n) is 9.54. The number of nitrogens with zero attached hydrogens (tertiary/aromatic N) is 2. The molecule has 1 saturated carbocycles. The molecular formula is C26H32ClN3O. The molecule has 5 heteroatoms. The zero-order chi connectivity index (χ0) is 21.4. The summed E-state index contributed by atoms with van der Waals surface area (Å²) >= 11 is 6.20. The van der Waals surface area contributed by atoms with E-state index in [0.29, 0.717) is 23.5 Å². The van der Waals surface area contributed by atoms with Crippen LogP contribution >= 0.6 is 11.6 Å². The van der Waals surface area contributed by atoms with E-state index >= 15 is 0 Å². The molecule has 2 aliphatic rings. The maximum absolute atomic E-state index is 10.00. The van der Waals surface area contributed by atoms with Gasteiger partial charge in [0.15, 0.2) is 0 Å². The van der Waals surface area contributed by atoms with Gasteiger partial charge in [0.2, 0.25) is 0 Å². The van der Waals surface area contributed by atoms with Crippen molar-refractivity contribution in [1.82, 2.24) is 14.9 Å². The first-order valence-corrected chi connectivity index (χ1v) is 12.1. The summed E-state index contributed by atoms with van der Waals surface area (Å²) in [5, 5.41) is 14.6. The smallest absolute Gasteiger partial charge is 0.112 e. The van der Waals surface area contributed by atoms with Gasteiger partial charge >= 0.3 is 0 Å². The summed E-state index contributed by atoms with van der Waals surface area (Å²) in [7, 11) is 0. The third kappa shape index (κ3) is 4.52. The number of imidazole rings is 1. The summed E-state index contributed by atoms with van der Waals surface area (Å²) in [5.74, 6) is 1.71. The maximum Gasteiger partial charge on any atom is 0.112 e. The predicted octanol–water partition coefficient (Wildman–Crippen LogP) is 5.10. The molecule has 1 fully saturated rings. The summed E-state index contributed by atoms with van der Waals surface area (Å²) < 4.78 is 2.38. The van der Waals surface area contributed by atoms with Crippen LogP contribution in [0.1, 0.15) is 55.6 Å². The van der Waals surface area contributed by atoms with Crippen molar-refractivity contribution < 1.29 is 5.11 Å². The molecule has 0 radical (unpaired) electrons. The fraction of sp³-hybridized carbons (Fsp3) is 0.500. The van der Waals surface area contributed by atoms with Crippen LogP contribution in [0.25, 0.3) is 11.0 Å². The van der Waals surface area contributed by atoms with Crippen molar-refractivity contribution in [3.8, 4) is 0 Å². The lowest BCUT2D eigenvalue weighted by molar-refractivity contribution is 0.189. The molecule has 0 spiro atoms. The minimum Gasteiger partial charge on any atom is -0.393 e. The van der Waals surface area contributed by atoms with E-state index in [2.05, 4.69) is 40.2 Å². The van der Waals surface area contributed by atoms with Crippen molar-refractivity contribution in [1.29, 1.82) is 0 Å². The topological polar surface area (TPSA) is 50.1 Å². The van der Waals surface area contributed by atoms with E-state index in [1.165, 1.54) is 36.8 Å². The fourth-order valence-corrected chi connectivity index (χ4v) is 5.77. The minimum atomic E-state index is -0.403. The summed E-state index contributed by atoms with van der Waals surface area (Å²) in [6.45, 7) is 2.95. The monoisotopic (exact) mass is 437 g/mol. The highest BCUT2D eigenvalue weighted by Gasteiger charge is 2.27. The molecular weight excluding hydrogens is 406 g/mol. The van der Waals surface area contributed by atoms with Crippen molar-refractivity contribution in [2.75, 3.05) is 6.54 Å². The highest BCUT2D eigenvalue weighted by molar-refractivity contribution is 6.31. The van der Waals surface area contributed by atoms with Gasteiger partial charge in [-0.05, 0) is 87.2 Å². The first-order valence-electron chi connectivity index (χ1n) is 11.7. The molecule has 2 aromatic carbocycles. The van der Waals surface area contributed by atoms with Crippen LogP contribution in [0.15, 0.2) is 42.5 Å². The van der Waals surface area contributed by atoms with Gasteiger partial charge in [-0.25, -0.2) is 4.98 Å². The van der Waals surface area contributed by atoms with Crippen LogP contribution in [-0.2, 0) is 19.3 Å². The number of benzene rings is 2. The van der Waals surface area contributed by atoms with Gasteiger partial charge in [0, 0.05) is 23.5 Å². The first kappa shape index (κ1) is 21.0. The Bertz CT molecular complexity index is 1030. The minimum absolute atomic E-state index is 0.403. The van der Waals surface area contributed by atoms with Gasteiger partial charge in [-0.2, -0.15) is 0 Å². The summed E-state index contributed by atoms with van der Waals surface area (Å²) in [6, 6.07) is 15.9. The molecule has 4 nitrogen and oxygen atoms in total. The lowest BCUT2D eigenvalue weighted by Crippen LogP contribution is -2.37. The number of aliphatic hydroxyl groups is 1. The van der Waals surface area contributed by atoms with Gasteiger partial charge in [-0.15, -0.1) is 0 Å². The highest BCUT2D eigenvalue weighted by atomic mass is 35.5. The average Bonchev–Trinajstić information content (AvgIpc) is 3.32. The van der Waals surface area contributed by atoms with Gasteiger partial charge in [0.1, 0.15) is 5.82 Å². The van der Waals surface area contributed by atoms with E-state index in [0.717, 1.165) is 42.2 Å². The summed E-state index contributed by atoms with van der Waals surface area (Å²) in [4.78, 5) is 4.82.